The van der Waals surface area contributed by atoms with Crippen molar-refractivity contribution in [2.24, 2.45) is 5.92 Å². The van der Waals surface area contributed by atoms with Gasteiger partial charge < -0.3 is 5.32 Å². The molecule has 0 saturated heterocycles. The van der Waals surface area contributed by atoms with E-state index in [1.807, 2.05) is 27.7 Å². The normalized spacial score (nSPS) is 13.1. The second kappa shape index (κ2) is 6.64. The van der Waals surface area contributed by atoms with Crippen molar-refractivity contribution in [3.63, 3.8) is 0 Å². The van der Waals surface area contributed by atoms with Crippen LogP contribution in [0, 0.1) is 11.7 Å². The first-order chi connectivity index (χ1) is 8.40. The Morgan fingerprint density at radius 2 is 1.72 bits per heavy atom. The molecule has 0 aliphatic heterocycles. The van der Waals surface area contributed by atoms with Gasteiger partial charge in [-0.2, -0.15) is 0 Å². The van der Waals surface area contributed by atoms with Gasteiger partial charge in [0.15, 0.2) is 5.78 Å². The fourth-order valence-corrected chi connectivity index (χ4v) is 1.90. The zero-order chi connectivity index (χ0) is 13.7. The van der Waals surface area contributed by atoms with Crippen molar-refractivity contribution < 1.29 is 9.18 Å². The largest absolute Gasteiger partial charge is 0.305 e. The number of Topliss-reactive ketones (excluding diaryl/α,β-unsaturated/α-hetero) is 1. The number of nitrogens with one attached hydrogen (secondary N) is 1. The molecular formula is C15H22FNO. The van der Waals surface area contributed by atoms with Gasteiger partial charge in [0.05, 0.1) is 6.04 Å². The minimum absolute atomic E-state index is 0.00157. The Labute approximate surface area is 109 Å². The second-order valence-electron chi connectivity index (χ2n) is 5.26. The van der Waals surface area contributed by atoms with Crippen molar-refractivity contribution in [1.29, 1.82) is 0 Å². The van der Waals surface area contributed by atoms with Crippen LogP contribution < -0.4 is 5.32 Å². The van der Waals surface area contributed by atoms with E-state index in [1.165, 1.54) is 12.1 Å². The highest BCUT2D eigenvalue weighted by molar-refractivity contribution is 5.86. The molecule has 0 bridgehead atoms. The SMILES string of the molecule is CC(C)N[C@@H](Cc1ccc(F)cc1)C(=O)C(C)C. The third kappa shape index (κ3) is 4.57. The van der Waals surface area contributed by atoms with Gasteiger partial charge in [0.1, 0.15) is 5.82 Å². The highest BCUT2D eigenvalue weighted by atomic mass is 19.1. The molecule has 0 saturated carbocycles. The molecule has 1 N–H and O–H groups in total. The molecule has 1 atom stereocenters. The first-order valence-corrected chi connectivity index (χ1v) is 6.44. The van der Waals surface area contributed by atoms with Crippen LogP contribution in [0.3, 0.4) is 0 Å². The molecule has 0 fully saturated rings. The van der Waals surface area contributed by atoms with Gasteiger partial charge in [0, 0.05) is 12.0 Å². The minimum atomic E-state index is -0.248. The van der Waals surface area contributed by atoms with E-state index in [0.717, 1.165) is 5.56 Å². The maximum absolute atomic E-state index is 12.8. The summed E-state index contributed by atoms with van der Waals surface area (Å²) in [5, 5.41) is 3.28. The molecule has 1 rings (SSSR count). The zero-order valence-corrected chi connectivity index (χ0v) is 11.5. The predicted octanol–water partition coefficient (Wildman–Crippen LogP) is 2.96. The molecule has 100 valence electrons. The van der Waals surface area contributed by atoms with Crippen LogP contribution in [0.5, 0.6) is 0 Å². The lowest BCUT2D eigenvalue weighted by Crippen LogP contribution is -2.44. The molecular weight excluding hydrogens is 229 g/mol. The van der Waals surface area contributed by atoms with Gasteiger partial charge in [-0.1, -0.05) is 39.8 Å². The molecule has 3 heteroatoms. The van der Waals surface area contributed by atoms with E-state index >= 15 is 0 Å². The van der Waals surface area contributed by atoms with Crippen LogP contribution >= 0.6 is 0 Å². The van der Waals surface area contributed by atoms with Crippen molar-refractivity contribution in [2.45, 2.75) is 46.2 Å². The van der Waals surface area contributed by atoms with Gasteiger partial charge in [-0.05, 0) is 24.1 Å². The summed E-state index contributed by atoms with van der Waals surface area (Å²) in [7, 11) is 0. The number of hydrogen-bond donors (Lipinski definition) is 1. The second-order valence-corrected chi connectivity index (χ2v) is 5.26. The first-order valence-electron chi connectivity index (χ1n) is 6.44. The van der Waals surface area contributed by atoms with E-state index in [-0.39, 0.29) is 29.6 Å². The summed E-state index contributed by atoms with van der Waals surface area (Å²) >= 11 is 0. The Hall–Kier alpha value is -1.22. The molecule has 18 heavy (non-hydrogen) atoms. The Bertz CT molecular complexity index is 384. The predicted molar refractivity (Wildman–Crippen MR) is 72.0 cm³/mol. The summed E-state index contributed by atoms with van der Waals surface area (Å²) in [5.41, 5.74) is 0.976. The molecule has 0 aliphatic carbocycles. The smallest absolute Gasteiger partial charge is 0.152 e. The van der Waals surface area contributed by atoms with E-state index < -0.39 is 0 Å². The summed E-state index contributed by atoms with van der Waals surface area (Å²) < 4.78 is 12.8. The Balaban J connectivity index is 2.77. The van der Waals surface area contributed by atoms with E-state index in [4.69, 9.17) is 0 Å². The third-order valence-corrected chi connectivity index (χ3v) is 2.80. The number of ketones is 1. The van der Waals surface area contributed by atoms with Gasteiger partial charge in [-0.15, -0.1) is 0 Å². The molecule has 2 nitrogen and oxygen atoms in total. The van der Waals surface area contributed by atoms with E-state index in [1.54, 1.807) is 12.1 Å². The standard InChI is InChI=1S/C15H22FNO/c1-10(2)15(18)14(17-11(3)4)9-12-5-7-13(16)8-6-12/h5-8,10-11,14,17H,9H2,1-4H3/t14-/m0/s1. The lowest BCUT2D eigenvalue weighted by molar-refractivity contribution is -0.124. The van der Waals surface area contributed by atoms with E-state index in [9.17, 15) is 9.18 Å². The minimum Gasteiger partial charge on any atom is -0.305 e. The van der Waals surface area contributed by atoms with Gasteiger partial charge in [-0.3, -0.25) is 4.79 Å². The van der Waals surface area contributed by atoms with Gasteiger partial charge >= 0.3 is 0 Å². The fraction of sp³-hybridized carbons (Fsp3) is 0.533. The summed E-state index contributed by atoms with van der Waals surface area (Å²) in [6, 6.07) is 6.38. The maximum atomic E-state index is 12.8. The average Bonchev–Trinajstić information content (AvgIpc) is 2.29. The zero-order valence-electron chi connectivity index (χ0n) is 11.5. The quantitative estimate of drug-likeness (QED) is 0.842. The average molecular weight is 251 g/mol. The molecule has 0 radical (unpaired) electrons. The van der Waals surface area contributed by atoms with Crippen LogP contribution in [0.2, 0.25) is 0 Å². The number of halogens is 1. The topological polar surface area (TPSA) is 29.1 Å². The maximum Gasteiger partial charge on any atom is 0.152 e. The van der Waals surface area contributed by atoms with Crippen molar-refractivity contribution in [3.05, 3.63) is 35.6 Å². The van der Waals surface area contributed by atoms with Crippen LogP contribution in [0.4, 0.5) is 4.39 Å². The van der Waals surface area contributed by atoms with Crippen molar-refractivity contribution in [3.8, 4) is 0 Å². The molecule has 0 aliphatic rings. The first kappa shape index (κ1) is 14.8. The van der Waals surface area contributed by atoms with Crippen LogP contribution in [0.25, 0.3) is 0 Å². The fourth-order valence-electron chi connectivity index (χ4n) is 1.90. The van der Waals surface area contributed by atoms with Crippen molar-refractivity contribution in [1.82, 2.24) is 5.32 Å². The Morgan fingerprint density at radius 1 is 1.17 bits per heavy atom. The summed E-state index contributed by atoms with van der Waals surface area (Å²) in [5.74, 6) is -0.0444. The van der Waals surface area contributed by atoms with Gasteiger partial charge in [-0.25, -0.2) is 4.39 Å². The summed E-state index contributed by atoms with van der Waals surface area (Å²) in [4.78, 5) is 12.1. The van der Waals surface area contributed by atoms with Crippen LogP contribution in [0.1, 0.15) is 33.3 Å². The van der Waals surface area contributed by atoms with Gasteiger partial charge in [0.25, 0.3) is 0 Å². The molecule has 1 aromatic carbocycles. The summed E-state index contributed by atoms with van der Waals surface area (Å²) in [6.07, 6.45) is 0.607. The number of hydrogen-bond acceptors (Lipinski definition) is 2. The molecule has 0 aromatic heterocycles. The summed E-state index contributed by atoms with van der Waals surface area (Å²) in [6.45, 7) is 7.85. The lowest BCUT2D eigenvalue weighted by Gasteiger charge is -2.22. The third-order valence-electron chi connectivity index (χ3n) is 2.80. The monoisotopic (exact) mass is 251 g/mol. The van der Waals surface area contributed by atoms with Crippen LogP contribution in [-0.4, -0.2) is 17.9 Å². The van der Waals surface area contributed by atoms with E-state index in [2.05, 4.69) is 5.32 Å². The Kier molecular flexibility index (Phi) is 5.48. The van der Waals surface area contributed by atoms with Crippen molar-refractivity contribution >= 4 is 5.78 Å². The molecule has 0 amide bonds. The molecule has 0 heterocycles. The molecule has 1 aromatic rings. The number of carbonyl (C=O) groups is 1. The number of carbonyl (C=O) groups excluding carboxylic acids is 1. The lowest BCUT2D eigenvalue weighted by atomic mass is 9.95. The number of rotatable bonds is 6. The van der Waals surface area contributed by atoms with Gasteiger partial charge in [0.2, 0.25) is 0 Å². The number of benzene rings is 1. The van der Waals surface area contributed by atoms with Crippen LogP contribution in [0.15, 0.2) is 24.3 Å². The van der Waals surface area contributed by atoms with Crippen LogP contribution in [-0.2, 0) is 11.2 Å². The molecule has 0 spiro atoms. The Morgan fingerprint density at radius 3 is 2.17 bits per heavy atom. The highest BCUT2D eigenvalue weighted by Crippen LogP contribution is 2.10. The van der Waals surface area contributed by atoms with E-state index in [0.29, 0.717) is 6.42 Å². The highest BCUT2D eigenvalue weighted by Gasteiger charge is 2.21. The molecule has 0 unspecified atom stereocenters. The van der Waals surface area contributed by atoms with Crippen molar-refractivity contribution in [2.75, 3.05) is 0 Å².